The normalized spacial score (nSPS) is 10.1. The van der Waals surface area contributed by atoms with E-state index >= 15 is 0 Å². The van der Waals surface area contributed by atoms with Crippen molar-refractivity contribution in [1.29, 1.82) is 0 Å². The monoisotopic (exact) mass is 246 g/mol. The topological polar surface area (TPSA) is 58.9 Å². The van der Waals surface area contributed by atoms with E-state index in [1.165, 1.54) is 7.11 Å². The Morgan fingerprint density at radius 1 is 0.944 bits per heavy atom. The lowest BCUT2D eigenvalue weighted by atomic mass is 10.2. The largest absolute Gasteiger partial charge is 0.504 e. The number of benzene rings is 2. The highest BCUT2D eigenvalue weighted by Crippen LogP contribution is 2.28. The zero-order valence-corrected chi connectivity index (χ0v) is 9.96. The Bertz CT molecular complexity index is 537. The predicted molar refractivity (Wildman–Crippen MR) is 67.1 cm³/mol. The van der Waals surface area contributed by atoms with Crippen molar-refractivity contribution >= 4 is 0 Å². The number of methoxy groups -OCH3 is 1. The molecule has 0 saturated carbocycles. The maximum atomic E-state index is 9.54. The van der Waals surface area contributed by atoms with Gasteiger partial charge >= 0.3 is 0 Å². The molecule has 2 aromatic carbocycles. The summed E-state index contributed by atoms with van der Waals surface area (Å²) in [7, 11) is 1.49. The fraction of sp³-hybridized carbons (Fsp3) is 0.143. The van der Waals surface area contributed by atoms with E-state index in [0.717, 1.165) is 5.56 Å². The summed E-state index contributed by atoms with van der Waals surface area (Å²) in [4.78, 5) is 0. The molecule has 2 rings (SSSR count). The Balaban J connectivity index is 2.09. The van der Waals surface area contributed by atoms with Crippen LogP contribution >= 0.6 is 0 Å². The zero-order valence-electron chi connectivity index (χ0n) is 9.96. The smallest absolute Gasteiger partial charge is 0.161 e. The summed E-state index contributed by atoms with van der Waals surface area (Å²) in [5.74, 6) is 1.00. The van der Waals surface area contributed by atoms with E-state index in [4.69, 9.17) is 9.47 Å². The molecule has 0 atom stereocenters. The summed E-state index contributed by atoms with van der Waals surface area (Å²) < 4.78 is 10.5. The minimum atomic E-state index is 0.0869. The van der Waals surface area contributed by atoms with Crippen LogP contribution in [0.5, 0.6) is 23.0 Å². The molecule has 0 aliphatic heterocycles. The molecule has 4 nitrogen and oxygen atoms in total. The van der Waals surface area contributed by atoms with Gasteiger partial charge in [-0.1, -0.05) is 18.2 Å². The van der Waals surface area contributed by atoms with Crippen LogP contribution in [-0.4, -0.2) is 17.3 Å². The highest BCUT2D eigenvalue weighted by Gasteiger charge is 2.05. The van der Waals surface area contributed by atoms with Gasteiger partial charge in [-0.15, -0.1) is 0 Å². The fourth-order valence-corrected chi connectivity index (χ4v) is 1.55. The summed E-state index contributed by atoms with van der Waals surface area (Å²) in [6.07, 6.45) is 0. The number of para-hydroxylation sites is 2. The molecule has 0 radical (unpaired) electrons. The van der Waals surface area contributed by atoms with Crippen LogP contribution in [0.4, 0.5) is 0 Å². The molecule has 0 saturated heterocycles. The van der Waals surface area contributed by atoms with Gasteiger partial charge in [-0.05, 0) is 29.8 Å². The van der Waals surface area contributed by atoms with Gasteiger partial charge in [0.05, 0.1) is 7.11 Å². The van der Waals surface area contributed by atoms with Crippen molar-refractivity contribution in [3.05, 3.63) is 48.0 Å². The average Bonchev–Trinajstić information content (AvgIpc) is 2.39. The first-order valence-electron chi connectivity index (χ1n) is 5.47. The van der Waals surface area contributed by atoms with Crippen molar-refractivity contribution in [3.63, 3.8) is 0 Å². The van der Waals surface area contributed by atoms with Crippen LogP contribution in [0.2, 0.25) is 0 Å². The van der Waals surface area contributed by atoms with Crippen LogP contribution in [0.3, 0.4) is 0 Å². The summed E-state index contributed by atoms with van der Waals surface area (Å²) >= 11 is 0. The van der Waals surface area contributed by atoms with Crippen molar-refractivity contribution in [2.24, 2.45) is 0 Å². The van der Waals surface area contributed by atoms with Crippen molar-refractivity contribution in [3.8, 4) is 23.0 Å². The number of rotatable bonds is 4. The Kier molecular flexibility index (Phi) is 3.57. The second kappa shape index (κ2) is 5.31. The lowest BCUT2D eigenvalue weighted by molar-refractivity contribution is 0.287. The summed E-state index contributed by atoms with van der Waals surface area (Å²) in [5.41, 5.74) is 0.841. The molecular formula is C14H14O4. The molecule has 0 bridgehead atoms. The highest BCUT2D eigenvalue weighted by molar-refractivity contribution is 5.42. The van der Waals surface area contributed by atoms with Crippen LogP contribution in [0.25, 0.3) is 0 Å². The van der Waals surface area contributed by atoms with E-state index < -0.39 is 0 Å². The third-order valence-electron chi connectivity index (χ3n) is 2.50. The van der Waals surface area contributed by atoms with Gasteiger partial charge in [-0.25, -0.2) is 0 Å². The maximum Gasteiger partial charge on any atom is 0.161 e. The van der Waals surface area contributed by atoms with Crippen molar-refractivity contribution < 1.29 is 19.7 Å². The lowest BCUT2D eigenvalue weighted by Crippen LogP contribution is -1.96. The molecule has 0 aliphatic carbocycles. The van der Waals surface area contributed by atoms with Gasteiger partial charge in [-0.3, -0.25) is 0 Å². The van der Waals surface area contributed by atoms with Gasteiger partial charge in [-0.2, -0.15) is 0 Å². The van der Waals surface area contributed by atoms with Gasteiger partial charge in [0.2, 0.25) is 0 Å². The first kappa shape index (κ1) is 12.1. The molecular weight excluding hydrogens is 232 g/mol. The minimum absolute atomic E-state index is 0.0869. The van der Waals surface area contributed by atoms with Crippen LogP contribution in [0.15, 0.2) is 42.5 Å². The standard InChI is InChI=1S/C14H14O4/c1-17-14-8-10(6-7-12(14)16)9-18-13-5-3-2-4-11(13)15/h2-8,15-16H,9H2,1H3. The van der Waals surface area contributed by atoms with E-state index in [9.17, 15) is 10.2 Å². The second-order valence-electron chi connectivity index (χ2n) is 3.76. The van der Waals surface area contributed by atoms with Gasteiger partial charge in [0, 0.05) is 0 Å². The summed E-state index contributed by atoms with van der Waals surface area (Å²) in [6.45, 7) is 0.286. The molecule has 0 heterocycles. The number of hydrogen-bond acceptors (Lipinski definition) is 4. The number of phenols is 2. The first-order chi connectivity index (χ1) is 8.70. The Hall–Kier alpha value is -2.36. The van der Waals surface area contributed by atoms with Gasteiger partial charge in [0.25, 0.3) is 0 Å². The van der Waals surface area contributed by atoms with Crippen LogP contribution in [-0.2, 0) is 6.61 Å². The summed E-state index contributed by atoms with van der Waals surface area (Å²) in [6, 6.07) is 11.7. The van der Waals surface area contributed by atoms with E-state index in [0.29, 0.717) is 11.5 Å². The van der Waals surface area contributed by atoms with Gasteiger partial charge in [0.1, 0.15) is 6.61 Å². The molecule has 4 heteroatoms. The Labute approximate surface area is 105 Å². The molecule has 0 aliphatic rings. The van der Waals surface area contributed by atoms with Crippen molar-refractivity contribution in [1.82, 2.24) is 0 Å². The third kappa shape index (κ3) is 2.66. The number of phenolic OH excluding ortho intramolecular Hbond substituents is 2. The van der Waals surface area contributed by atoms with E-state index in [1.54, 1.807) is 42.5 Å². The number of hydrogen-bond donors (Lipinski definition) is 2. The van der Waals surface area contributed by atoms with Crippen molar-refractivity contribution in [2.75, 3.05) is 7.11 Å². The predicted octanol–water partition coefficient (Wildman–Crippen LogP) is 2.69. The molecule has 0 amide bonds. The first-order valence-corrected chi connectivity index (χ1v) is 5.47. The van der Waals surface area contributed by atoms with Gasteiger partial charge < -0.3 is 19.7 Å². The molecule has 2 aromatic rings. The number of ether oxygens (including phenoxy) is 2. The molecule has 94 valence electrons. The second-order valence-corrected chi connectivity index (χ2v) is 3.76. The minimum Gasteiger partial charge on any atom is -0.504 e. The van der Waals surface area contributed by atoms with Crippen LogP contribution < -0.4 is 9.47 Å². The molecule has 0 spiro atoms. The molecule has 2 N–H and O–H groups in total. The van der Waals surface area contributed by atoms with Crippen LogP contribution in [0, 0.1) is 0 Å². The SMILES string of the molecule is COc1cc(COc2ccccc2O)ccc1O. The summed E-state index contributed by atoms with van der Waals surface area (Å²) in [5, 5.41) is 19.0. The average molecular weight is 246 g/mol. The highest BCUT2D eigenvalue weighted by atomic mass is 16.5. The molecule has 0 fully saturated rings. The maximum absolute atomic E-state index is 9.54. The fourth-order valence-electron chi connectivity index (χ4n) is 1.55. The van der Waals surface area contributed by atoms with E-state index in [1.807, 2.05) is 0 Å². The van der Waals surface area contributed by atoms with Crippen LogP contribution in [0.1, 0.15) is 5.56 Å². The van der Waals surface area contributed by atoms with Gasteiger partial charge in [0.15, 0.2) is 23.0 Å². The molecule has 18 heavy (non-hydrogen) atoms. The van der Waals surface area contributed by atoms with E-state index in [2.05, 4.69) is 0 Å². The Morgan fingerprint density at radius 3 is 2.39 bits per heavy atom. The zero-order chi connectivity index (χ0) is 13.0. The molecule has 0 unspecified atom stereocenters. The number of aromatic hydroxyl groups is 2. The molecule has 0 aromatic heterocycles. The quantitative estimate of drug-likeness (QED) is 0.870. The lowest BCUT2D eigenvalue weighted by Gasteiger charge is -2.09. The third-order valence-corrected chi connectivity index (χ3v) is 2.50. The van der Waals surface area contributed by atoms with Crippen molar-refractivity contribution in [2.45, 2.75) is 6.61 Å². The Morgan fingerprint density at radius 2 is 1.67 bits per heavy atom. The van der Waals surface area contributed by atoms with E-state index in [-0.39, 0.29) is 18.1 Å².